The minimum atomic E-state index is 0.643. The fourth-order valence-electron chi connectivity index (χ4n) is 8.18. The Balaban J connectivity index is 0.900. The van der Waals surface area contributed by atoms with Gasteiger partial charge in [0.2, 0.25) is 0 Å². The van der Waals surface area contributed by atoms with Gasteiger partial charge in [0.15, 0.2) is 34.9 Å². The topological polar surface area (TPSA) is 77.3 Å². The van der Waals surface area contributed by atoms with E-state index >= 15 is 0 Å². The van der Waals surface area contributed by atoms with Crippen LogP contribution in [-0.4, -0.2) is 29.9 Å². The smallest absolute Gasteiger partial charge is 0.164 e. The van der Waals surface area contributed by atoms with Crippen LogP contribution in [0.5, 0.6) is 0 Å². The Labute approximate surface area is 377 Å². The molecule has 0 saturated heterocycles. The van der Waals surface area contributed by atoms with Crippen molar-refractivity contribution < 1.29 is 0 Å². The summed E-state index contributed by atoms with van der Waals surface area (Å²) in [6.07, 6.45) is 0. The molecule has 12 rings (SSSR count). The van der Waals surface area contributed by atoms with Crippen molar-refractivity contribution in [3.8, 4) is 89.2 Å². The molecule has 8 heteroatoms. The molecule has 0 aliphatic rings. The average Bonchev–Trinajstić information content (AvgIpc) is 4.03. The van der Waals surface area contributed by atoms with Gasteiger partial charge in [0.25, 0.3) is 0 Å². The summed E-state index contributed by atoms with van der Waals surface area (Å²) < 4.78 is 2.54. The predicted octanol–water partition coefficient (Wildman–Crippen LogP) is 15.0. The van der Waals surface area contributed by atoms with Crippen molar-refractivity contribution in [3.63, 3.8) is 0 Å². The highest BCUT2D eigenvalue weighted by Crippen LogP contribution is 2.44. The van der Waals surface area contributed by atoms with Crippen LogP contribution in [0.25, 0.3) is 120 Å². The van der Waals surface area contributed by atoms with Gasteiger partial charge in [-0.15, -0.1) is 22.7 Å². The van der Waals surface area contributed by atoms with Crippen molar-refractivity contribution in [1.29, 1.82) is 0 Å². The van der Waals surface area contributed by atoms with E-state index in [1.807, 2.05) is 144 Å². The van der Waals surface area contributed by atoms with Crippen LogP contribution in [0.1, 0.15) is 0 Å². The lowest BCUT2D eigenvalue weighted by Gasteiger charge is -2.09. The summed E-state index contributed by atoms with van der Waals surface area (Å²) in [4.78, 5) is 32.1. The van der Waals surface area contributed by atoms with Crippen molar-refractivity contribution in [3.05, 3.63) is 206 Å². The zero-order valence-electron chi connectivity index (χ0n) is 34.1. The molecule has 0 N–H and O–H groups in total. The third kappa shape index (κ3) is 7.10. The van der Waals surface area contributed by atoms with Crippen LogP contribution in [0, 0.1) is 0 Å². The molecule has 4 heterocycles. The van der Waals surface area contributed by atoms with E-state index in [9.17, 15) is 0 Å². The predicted molar refractivity (Wildman–Crippen MR) is 265 cm³/mol. The number of hydrogen-bond acceptors (Lipinski definition) is 8. The molecular formula is C56H34N6S2. The summed E-state index contributed by atoms with van der Waals surface area (Å²) in [5.41, 5.74) is 7.93. The number of benzene rings is 8. The molecule has 0 aliphatic carbocycles. The van der Waals surface area contributed by atoms with Crippen LogP contribution in [0.4, 0.5) is 0 Å². The molecule has 6 nitrogen and oxygen atoms in total. The Morgan fingerprint density at radius 1 is 0.234 bits per heavy atom. The first-order valence-electron chi connectivity index (χ1n) is 21.0. The number of thiophene rings is 2. The summed E-state index contributed by atoms with van der Waals surface area (Å²) in [7, 11) is 0. The lowest BCUT2D eigenvalue weighted by atomic mass is 10.0. The lowest BCUT2D eigenvalue weighted by Crippen LogP contribution is -2.00. The molecule has 300 valence electrons. The van der Waals surface area contributed by atoms with E-state index in [0.29, 0.717) is 34.9 Å². The van der Waals surface area contributed by atoms with E-state index in [-0.39, 0.29) is 0 Å². The number of nitrogens with zero attached hydrogens (tertiary/aromatic N) is 6. The molecule has 0 amide bonds. The standard InChI is InChI=1S/C56H34N6S2/c1-5-15-35(16-6-1)51-57-52(36-17-7-2-8-18-36)60-55(59-51)43-25-13-23-39(31-43)47-33-41-27-29-46-45(49(41)63-47)30-28-42-34-48(64-50(42)46)40-24-14-26-44(32-40)56-61-53(37-19-9-3-10-20-37)58-54(62-56)38-21-11-4-12-22-38/h1-34H. The summed E-state index contributed by atoms with van der Waals surface area (Å²) in [5, 5.41) is 4.96. The second kappa shape index (κ2) is 16.0. The molecule has 0 radical (unpaired) electrons. The molecule has 8 aromatic carbocycles. The van der Waals surface area contributed by atoms with E-state index < -0.39 is 0 Å². The lowest BCUT2D eigenvalue weighted by molar-refractivity contribution is 1.07. The fourth-order valence-corrected chi connectivity index (χ4v) is 10.6. The molecule has 0 saturated carbocycles. The number of fused-ring (bicyclic) bond motifs is 5. The molecular weight excluding hydrogens is 821 g/mol. The minimum Gasteiger partial charge on any atom is -0.208 e. The quantitative estimate of drug-likeness (QED) is 0.151. The molecule has 0 atom stereocenters. The van der Waals surface area contributed by atoms with E-state index in [4.69, 9.17) is 29.9 Å². The van der Waals surface area contributed by atoms with E-state index in [0.717, 1.165) is 44.5 Å². The normalized spacial score (nSPS) is 11.4. The van der Waals surface area contributed by atoms with Crippen LogP contribution < -0.4 is 0 Å². The van der Waals surface area contributed by atoms with Gasteiger partial charge in [0, 0.05) is 63.3 Å². The van der Waals surface area contributed by atoms with Gasteiger partial charge in [-0.25, -0.2) is 29.9 Å². The summed E-state index contributed by atoms with van der Waals surface area (Å²) in [6, 6.07) is 71.2. The van der Waals surface area contributed by atoms with Crippen molar-refractivity contribution in [2.24, 2.45) is 0 Å². The summed E-state index contributed by atoms with van der Waals surface area (Å²) >= 11 is 3.65. The number of aromatic nitrogens is 6. The van der Waals surface area contributed by atoms with Crippen LogP contribution in [-0.2, 0) is 0 Å². The second-order valence-corrected chi connectivity index (χ2v) is 17.6. The monoisotopic (exact) mass is 854 g/mol. The van der Waals surface area contributed by atoms with Crippen LogP contribution in [0.3, 0.4) is 0 Å². The minimum absolute atomic E-state index is 0.643. The van der Waals surface area contributed by atoms with Gasteiger partial charge in [0.1, 0.15) is 0 Å². The van der Waals surface area contributed by atoms with Gasteiger partial charge < -0.3 is 0 Å². The van der Waals surface area contributed by atoms with Crippen LogP contribution in [0.15, 0.2) is 206 Å². The third-order valence-electron chi connectivity index (χ3n) is 11.4. The first kappa shape index (κ1) is 37.7. The van der Waals surface area contributed by atoms with Gasteiger partial charge in [-0.2, -0.15) is 0 Å². The SMILES string of the molecule is c1ccc(-c2nc(-c3ccccc3)nc(-c3cccc(-c4cc5ccc6c(ccc7cc(-c8cccc(-c9nc(-c%10ccccc%10)nc(-c%10ccccc%10)n9)c8)sc76)c5s4)c3)n2)cc1. The first-order chi connectivity index (χ1) is 31.7. The highest BCUT2D eigenvalue weighted by molar-refractivity contribution is 7.24. The molecule has 0 bridgehead atoms. The first-order valence-corrected chi connectivity index (χ1v) is 22.6. The number of rotatable bonds is 8. The Hall–Kier alpha value is -8.04. The third-order valence-corrected chi connectivity index (χ3v) is 13.8. The molecule has 0 unspecified atom stereocenters. The highest BCUT2D eigenvalue weighted by Gasteiger charge is 2.17. The van der Waals surface area contributed by atoms with E-state index in [1.165, 1.54) is 40.7 Å². The van der Waals surface area contributed by atoms with Gasteiger partial charge >= 0.3 is 0 Å². The van der Waals surface area contributed by atoms with Crippen LogP contribution >= 0.6 is 22.7 Å². The van der Waals surface area contributed by atoms with Crippen molar-refractivity contribution in [2.45, 2.75) is 0 Å². The second-order valence-electron chi connectivity index (χ2n) is 15.5. The maximum atomic E-state index is 4.99. The summed E-state index contributed by atoms with van der Waals surface area (Å²) in [5.74, 6) is 3.88. The van der Waals surface area contributed by atoms with E-state index in [2.05, 4.69) is 84.9 Å². The molecule has 0 fully saturated rings. The molecule has 0 spiro atoms. The Morgan fingerprint density at radius 2 is 0.516 bits per heavy atom. The molecule has 4 aromatic heterocycles. The summed E-state index contributed by atoms with van der Waals surface area (Å²) in [6.45, 7) is 0. The van der Waals surface area contributed by atoms with Crippen molar-refractivity contribution in [1.82, 2.24) is 29.9 Å². The number of hydrogen-bond donors (Lipinski definition) is 0. The van der Waals surface area contributed by atoms with E-state index in [1.54, 1.807) is 0 Å². The zero-order chi connectivity index (χ0) is 42.4. The fraction of sp³-hybridized carbons (Fsp3) is 0. The van der Waals surface area contributed by atoms with Gasteiger partial charge in [-0.05, 0) is 46.2 Å². The van der Waals surface area contributed by atoms with Crippen LogP contribution in [0.2, 0.25) is 0 Å². The Kier molecular flexibility index (Phi) is 9.43. The maximum absolute atomic E-state index is 4.99. The van der Waals surface area contributed by atoms with Crippen molar-refractivity contribution >= 4 is 53.6 Å². The largest absolute Gasteiger partial charge is 0.208 e. The molecule has 64 heavy (non-hydrogen) atoms. The van der Waals surface area contributed by atoms with Gasteiger partial charge in [-0.3, -0.25) is 0 Å². The zero-order valence-corrected chi connectivity index (χ0v) is 35.8. The van der Waals surface area contributed by atoms with Crippen molar-refractivity contribution in [2.75, 3.05) is 0 Å². The average molecular weight is 855 g/mol. The maximum Gasteiger partial charge on any atom is 0.164 e. The molecule has 12 aromatic rings. The highest BCUT2D eigenvalue weighted by atomic mass is 32.1. The molecule has 0 aliphatic heterocycles. The van der Waals surface area contributed by atoms with Gasteiger partial charge in [0.05, 0.1) is 0 Å². The van der Waals surface area contributed by atoms with Gasteiger partial charge in [-0.1, -0.05) is 182 Å². The Morgan fingerprint density at radius 3 is 0.844 bits per heavy atom. The Bertz CT molecular complexity index is 3300.